The fraction of sp³-hybridized carbons (Fsp3) is 0.300. The molecule has 1 amide bonds. The molecular weight excluding hydrogens is 350 g/mol. The summed E-state index contributed by atoms with van der Waals surface area (Å²) >= 11 is 6.05. The second-order valence-corrected chi connectivity index (χ2v) is 7.45. The Morgan fingerprint density at radius 3 is 2.62 bits per heavy atom. The van der Waals surface area contributed by atoms with E-state index < -0.39 is 5.60 Å². The van der Waals surface area contributed by atoms with Crippen LogP contribution in [0.1, 0.15) is 48.6 Å². The van der Waals surface area contributed by atoms with Crippen molar-refractivity contribution in [2.75, 3.05) is 0 Å². The summed E-state index contributed by atoms with van der Waals surface area (Å²) in [4.78, 5) is 17.1. The van der Waals surface area contributed by atoms with Crippen molar-refractivity contribution in [2.45, 2.75) is 32.4 Å². The maximum absolute atomic E-state index is 12.7. The molecule has 0 fully saturated rings. The Morgan fingerprint density at radius 2 is 2.00 bits per heavy atom. The van der Waals surface area contributed by atoms with E-state index in [9.17, 15) is 9.90 Å². The molecule has 5 nitrogen and oxygen atoms in total. The molecule has 0 bridgehead atoms. The van der Waals surface area contributed by atoms with Gasteiger partial charge in [0, 0.05) is 34.7 Å². The first-order valence-corrected chi connectivity index (χ1v) is 8.79. The highest BCUT2D eigenvalue weighted by Crippen LogP contribution is 2.24. The van der Waals surface area contributed by atoms with Crippen LogP contribution in [0.5, 0.6) is 0 Å². The lowest BCUT2D eigenvalue weighted by molar-refractivity contribution is 0.0780. The summed E-state index contributed by atoms with van der Waals surface area (Å²) in [5.74, 6) is -0.180. The minimum atomic E-state index is -0.942. The fourth-order valence-electron chi connectivity index (χ4n) is 2.89. The molecule has 1 unspecified atom stereocenters. The van der Waals surface area contributed by atoms with Crippen LogP contribution in [0.3, 0.4) is 0 Å². The summed E-state index contributed by atoms with van der Waals surface area (Å²) in [6, 6.07) is 10.8. The topological polar surface area (TPSA) is 67.2 Å². The molecule has 0 aliphatic carbocycles. The Morgan fingerprint density at radius 1 is 1.27 bits per heavy atom. The van der Waals surface area contributed by atoms with Crippen LogP contribution < -0.4 is 5.32 Å². The molecule has 1 atom stereocenters. The van der Waals surface area contributed by atoms with E-state index in [-0.39, 0.29) is 11.9 Å². The van der Waals surface area contributed by atoms with Crippen LogP contribution in [0.2, 0.25) is 5.02 Å². The van der Waals surface area contributed by atoms with Crippen molar-refractivity contribution in [3.63, 3.8) is 0 Å². The summed E-state index contributed by atoms with van der Waals surface area (Å²) in [5.41, 5.74) is 1.98. The normalized spacial score (nSPS) is 13.0. The number of amides is 1. The number of pyridine rings is 1. The highest BCUT2D eigenvalue weighted by molar-refractivity contribution is 6.31. The summed E-state index contributed by atoms with van der Waals surface area (Å²) < 4.78 is 1.83. The molecule has 26 heavy (non-hydrogen) atoms. The summed E-state index contributed by atoms with van der Waals surface area (Å²) in [5, 5.41) is 14.6. The second-order valence-electron chi connectivity index (χ2n) is 7.02. The SMILES string of the molecule is CC(NC(=O)c1cc2ccc(Cl)cc2n1C)c1ccc(C(C)(C)O)cn1. The van der Waals surface area contributed by atoms with Crippen molar-refractivity contribution >= 4 is 28.4 Å². The Hall–Kier alpha value is -2.37. The molecular formula is C20H22ClN3O2. The number of halogens is 1. The van der Waals surface area contributed by atoms with Crippen LogP contribution in [0.25, 0.3) is 10.9 Å². The van der Waals surface area contributed by atoms with E-state index in [0.717, 1.165) is 22.2 Å². The molecule has 0 radical (unpaired) electrons. The van der Waals surface area contributed by atoms with Crippen LogP contribution in [-0.2, 0) is 12.6 Å². The number of nitrogens with zero attached hydrogens (tertiary/aromatic N) is 2. The molecule has 0 saturated heterocycles. The standard InChI is InChI=1S/C20H22ClN3O2/c1-12(16-8-6-14(11-22-16)20(2,3)26)23-19(25)18-9-13-5-7-15(21)10-17(13)24(18)4/h5-12,26H,1-4H3,(H,23,25). The highest BCUT2D eigenvalue weighted by Gasteiger charge is 2.19. The average molecular weight is 372 g/mol. The van der Waals surface area contributed by atoms with E-state index in [2.05, 4.69) is 10.3 Å². The number of aromatic nitrogens is 2. The van der Waals surface area contributed by atoms with Crippen molar-refractivity contribution in [2.24, 2.45) is 7.05 Å². The molecule has 3 aromatic rings. The number of carbonyl (C=O) groups excluding carboxylic acids is 1. The van der Waals surface area contributed by atoms with E-state index in [1.165, 1.54) is 0 Å². The molecule has 6 heteroatoms. The molecule has 0 saturated carbocycles. The number of carbonyl (C=O) groups is 1. The maximum atomic E-state index is 12.7. The number of aliphatic hydroxyl groups is 1. The lowest BCUT2D eigenvalue weighted by Gasteiger charge is -2.19. The highest BCUT2D eigenvalue weighted by atomic mass is 35.5. The summed E-state index contributed by atoms with van der Waals surface area (Å²) in [6.07, 6.45) is 1.64. The van der Waals surface area contributed by atoms with Crippen molar-refractivity contribution < 1.29 is 9.90 Å². The Labute approximate surface area is 157 Å². The van der Waals surface area contributed by atoms with Gasteiger partial charge in [-0.3, -0.25) is 9.78 Å². The van der Waals surface area contributed by atoms with Gasteiger partial charge in [0.2, 0.25) is 0 Å². The minimum Gasteiger partial charge on any atom is -0.386 e. The van der Waals surface area contributed by atoms with Gasteiger partial charge in [0.25, 0.3) is 5.91 Å². The van der Waals surface area contributed by atoms with E-state index in [4.69, 9.17) is 11.6 Å². The van der Waals surface area contributed by atoms with Gasteiger partial charge in [-0.15, -0.1) is 0 Å². The predicted molar refractivity (Wildman–Crippen MR) is 103 cm³/mol. The molecule has 0 aliphatic rings. The number of rotatable bonds is 4. The molecule has 136 valence electrons. The zero-order valence-electron chi connectivity index (χ0n) is 15.2. The molecule has 2 aromatic heterocycles. The van der Waals surface area contributed by atoms with Gasteiger partial charge < -0.3 is 15.0 Å². The van der Waals surface area contributed by atoms with Gasteiger partial charge in [0.1, 0.15) is 5.69 Å². The van der Waals surface area contributed by atoms with Gasteiger partial charge in [-0.2, -0.15) is 0 Å². The van der Waals surface area contributed by atoms with Crippen molar-refractivity contribution in [3.05, 3.63) is 64.6 Å². The average Bonchev–Trinajstić information content (AvgIpc) is 2.91. The zero-order chi connectivity index (χ0) is 19.1. The second kappa shape index (κ2) is 6.74. The van der Waals surface area contributed by atoms with E-state index in [0.29, 0.717) is 10.7 Å². The van der Waals surface area contributed by atoms with Gasteiger partial charge in [-0.25, -0.2) is 0 Å². The van der Waals surface area contributed by atoms with Crippen LogP contribution >= 0.6 is 11.6 Å². The first-order valence-electron chi connectivity index (χ1n) is 8.41. The lowest BCUT2D eigenvalue weighted by atomic mass is 10.00. The Bertz CT molecular complexity index is 956. The number of aryl methyl sites for hydroxylation is 1. The van der Waals surface area contributed by atoms with Gasteiger partial charge in [0.05, 0.1) is 17.3 Å². The maximum Gasteiger partial charge on any atom is 0.268 e. The third-order valence-electron chi connectivity index (χ3n) is 4.52. The smallest absolute Gasteiger partial charge is 0.268 e. The van der Waals surface area contributed by atoms with E-state index in [1.54, 1.807) is 20.0 Å². The molecule has 0 spiro atoms. The minimum absolute atomic E-state index is 0.180. The first-order chi connectivity index (χ1) is 12.2. The molecule has 2 N–H and O–H groups in total. The van der Waals surface area contributed by atoms with E-state index >= 15 is 0 Å². The number of benzene rings is 1. The van der Waals surface area contributed by atoms with Gasteiger partial charge in [-0.1, -0.05) is 23.7 Å². The van der Waals surface area contributed by atoms with Gasteiger partial charge in [0.15, 0.2) is 0 Å². The monoisotopic (exact) mass is 371 g/mol. The number of nitrogens with one attached hydrogen (secondary N) is 1. The first kappa shape index (κ1) is 18.4. The fourth-order valence-corrected chi connectivity index (χ4v) is 3.06. The number of hydrogen-bond acceptors (Lipinski definition) is 3. The van der Waals surface area contributed by atoms with Crippen molar-refractivity contribution in [1.29, 1.82) is 0 Å². The largest absolute Gasteiger partial charge is 0.386 e. The van der Waals surface area contributed by atoms with Crippen LogP contribution in [0.15, 0.2) is 42.6 Å². The molecule has 3 rings (SSSR count). The number of hydrogen-bond donors (Lipinski definition) is 2. The summed E-state index contributed by atoms with van der Waals surface area (Å²) in [7, 11) is 1.84. The molecule has 2 heterocycles. The quantitative estimate of drug-likeness (QED) is 0.729. The van der Waals surface area contributed by atoms with Crippen molar-refractivity contribution in [1.82, 2.24) is 14.9 Å². The Kier molecular flexibility index (Phi) is 4.78. The van der Waals surface area contributed by atoms with Gasteiger partial charge in [-0.05, 0) is 45.0 Å². The lowest BCUT2D eigenvalue weighted by Crippen LogP contribution is -2.29. The summed E-state index contributed by atoms with van der Waals surface area (Å²) in [6.45, 7) is 5.30. The third kappa shape index (κ3) is 3.59. The zero-order valence-corrected chi connectivity index (χ0v) is 16.0. The van der Waals surface area contributed by atoms with Gasteiger partial charge >= 0.3 is 0 Å². The van der Waals surface area contributed by atoms with E-state index in [1.807, 2.05) is 54.9 Å². The third-order valence-corrected chi connectivity index (χ3v) is 4.76. The molecule has 1 aromatic carbocycles. The Balaban J connectivity index is 1.80. The van der Waals surface area contributed by atoms with Crippen LogP contribution in [0, 0.1) is 0 Å². The number of fused-ring (bicyclic) bond motifs is 1. The molecule has 0 aliphatic heterocycles. The van der Waals surface area contributed by atoms with Crippen LogP contribution in [-0.4, -0.2) is 20.6 Å². The predicted octanol–water partition coefficient (Wildman–Crippen LogP) is 3.95. The van der Waals surface area contributed by atoms with Crippen molar-refractivity contribution in [3.8, 4) is 0 Å². The van der Waals surface area contributed by atoms with Crippen LogP contribution in [0.4, 0.5) is 0 Å².